The summed E-state index contributed by atoms with van der Waals surface area (Å²) in [6, 6.07) is 7.93. The Morgan fingerprint density at radius 3 is 3.00 bits per heavy atom. The summed E-state index contributed by atoms with van der Waals surface area (Å²) in [7, 11) is 0. The number of para-hydroxylation sites is 1. The summed E-state index contributed by atoms with van der Waals surface area (Å²) in [5, 5.41) is 7.09. The smallest absolute Gasteiger partial charge is 0.263 e. The molecule has 3 heterocycles. The van der Waals surface area contributed by atoms with E-state index in [2.05, 4.69) is 20.2 Å². The molecule has 2 aromatic heterocycles. The maximum absolute atomic E-state index is 12.2. The van der Waals surface area contributed by atoms with Crippen LogP contribution >= 0.6 is 0 Å². The fraction of sp³-hybridized carbons (Fsp3) is 0.312. The van der Waals surface area contributed by atoms with Crippen molar-refractivity contribution in [2.75, 3.05) is 11.4 Å². The number of fused-ring (bicyclic) bond motifs is 2. The Balaban J connectivity index is 1.82. The molecule has 1 aliphatic rings. The van der Waals surface area contributed by atoms with E-state index in [1.54, 1.807) is 0 Å². The number of nitrogens with zero attached hydrogens (tertiary/aromatic N) is 3. The number of ether oxygens (including phenoxy) is 1. The molecule has 0 fully saturated rings. The molecule has 1 aliphatic heterocycles. The van der Waals surface area contributed by atoms with Crippen LogP contribution in [0.3, 0.4) is 0 Å². The van der Waals surface area contributed by atoms with Crippen molar-refractivity contribution >= 4 is 17.0 Å². The van der Waals surface area contributed by atoms with Gasteiger partial charge in [-0.3, -0.25) is 14.9 Å². The molecule has 0 atom stereocenters. The minimum atomic E-state index is -0.409. The van der Waals surface area contributed by atoms with Crippen LogP contribution in [0.25, 0.3) is 11.0 Å². The number of hydrogen-bond donors (Lipinski definition) is 2. The van der Waals surface area contributed by atoms with Crippen molar-refractivity contribution in [2.45, 2.75) is 26.0 Å². The lowest BCUT2D eigenvalue weighted by Gasteiger charge is -2.29. The standard InChI is InChI=1S/C16H17N5O2/c1-16(2)9-21(8-10-5-3-4-6-12(10)23-16)15-18-13-11(7-17-20-13)14(22)19-15/h3-7H,8-9H2,1-2H3,(H2,17,18,19,20,22). The van der Waals surface area contributed by atoms with Crippen LogP contribution in [0.5, 0.6) is 5.75 Å². The predicted molar refractivity (Wildman–Crippen MR) is 86.7 cm³/mol. The van der Waals surface area contributed by atoms with Crippen LogP contribution in [-0.4, -0.2) is 32.3 Å². The molecule has 0 unspecified atom stereocenters. The molecule has 4 rings (SSSR count). The highest BCUT2D eigenvalue weighted by Gasteiger charge is 2.30. The molecule has 0 radical (unpaired) electrons. The van der Waals surface area contributed by atoms with E-state index in [1.165, 1.54) is 6.20 Å². The van der Waals surface area contributed by atoms with Gasteiger partial charge in [-0.25, -0.2) is 0 Å². The third-order valence-electron chi connectivity index (χ3n) is 3.90. The first-order valence-corrected chi connectivity index (χ1v) is 7.47. The van der Waals surface area contributed by atoms with Crippen molar-refractivity contribution in [3.05, 3.63) is 46.4 Å². The third kappa shape index (κ3) is 2.44. The van der Waals surface area contributed by atoms with Crippen LogP contribution in [0, 0.1) is 0 Å². The van der Waals surface area contributed by atoms with E-state index in [9.17, 15) is 4.79 Å². The third-order valence-corrected chi connectivity index (χ3v) is 3.90. The SMILES string of the molecule is CC1(C)CN(c2nc3[nH]ncc3c(=O)[nH]2)Cc2ccccc2O1. The quantitative estimate of drug-likeness (QED) is 0.716. The second-order valence-corrected chi connectivity index (χ2v) is 6.35. The number of aromatic amines is 2. The van der Waals surface area contributed by atoms with Crippen LogP contribution in [0.4, 0.5) is 5.95 Å². The van der Waals surface area contributed by atoms with Crippen LogP contribution in [0.15, 0.2) is 35.3 Å². The molecule has 0 bridgehead atoms. The van der Waals surface area contributed by atoms with Crippen molar-refractivity contribution < 1.29 is 4.74 Å². The average Bonchev–Trinajstić information content (AvgIpc) is 2.91. The number of hydrogen-bond acceptors (Lipinski definition) is 5. The van der Waals surface area contributed by atoms with Gasteiger partial charge in [-0.2, -0.15) is 10.1 Å². The van der Waals surface area contributed by atoms with Gasteiger partial charge < -0.3 is 9.64 Å². The second-order valence-electron chi connectivity index (χ2n) is 6.35. The summed E-state index contributed by atoms with van der Waals surface area (Å²) in [4.78, 5) is 21.5. The molecule has 0 aliphatic carbocycles. The minimum absolute atomic E-state index is 0.199. The van der Waals surface area contributed by atoms with Gasteiger partial charge in [0, 0.05) is 12.1 Å². The average molecular weight is 311 g/mol. The van der Waals surface area contributed by atoms with E-state index in [1.807, 2.05) is 43.0 Å². The Kier molecular flexibility index (Phi) is 2.90. The van der Waals surface area contributed by atoms with Gasteiger partial charge in [0.15, 0.2) is 5.65 Å². The normalized spacial score (nSPS) is 16.7. The Labute approximate surface area is 132 Å². The zero-order chi connectivity index (χ0) is 16.0. The fourth-order valence-corrected chi connectivity index (χ4v) is 2.92. The summed E-state index contributed by atoms with van der Waals surface area (Å²) in [5.74, 6) is 1.38. The van der Waals surface area contributed by atoms with Gasteiger partial charge in [0.05, 0.1) is 12.7 Å². The molecular weight excluding hydrogens is 294 g/mol. The van der Waals surface area contributed by atoms with Crippen molar-refractivity contribution in [3.8, 4) is 5.75 Å². The predicted octanol–water partition coefficient (Wildman–Crippen LogP) is 1.82. The molecule has 1 aromatic carbocycles. The van der Waals surface area contributed by atoms with E-state index in [4.69, 9.17) is 4.74 Å². The number of benzene rings is 1. The number of aromatic nitrogens is 4. The van der Waals surface area contributed by atoms with Gasteiger partial charge in [0.25, 0.3) is 5.56 Å². The van der Waals surface area contributed by atoms with Gasteiger partial charge in [0.1, 0.15) is 16.7 Å². The van der Waals surface area contributed by atoms with Crippen molar-refractivity contribution in [1.82, 2.24) is 20.2 Å². The van der Waals surface area contributed by atoms with Crippen LogP contribution in [-0.2, 0) is 6.54 Å². The van der Waals surface area contributed by atoms with E-state index in [0.29, 0.717) is 30.1 Å². The highest BCUT2D eigenvalue weighted by Crippen LogP contribution is 2.30. The van der Waals surface area contributed by atoms with E-state index in [0.717, 1.165) is 11.3 Å². The molecule has 118 valence electrons. The van der Waals surface area contributed by atoms with E-state index in [-0.39, 0.29) is 5.56 Å². The van der Waals surface area contributed by atoms with E-state index >= 15 is 0 Å². The van der Waals surface area contributed by atoms with Crippen LogP contribution < -0.4 is 15.2 Å². The highest BCUT2D eigenvalue weighted by atomic mass is 16.5. The van der Waals surface area contributed by atoms with Crippen molar-refractivity contribution in [3.63, 3.8) is 0 Å². The summed E-state index contributed by atoms with van der Waals surface area (Å²) >= 11 is 0. The monoisotopic (exact) mass is 311 g/mol. The maximum atomic E-state index is 12.2. The van der Waals surface area contributed by atoms with Crippen LogP contribution in [0.2, 0.25) is 0 Å². The van der Waals surface area contributed by atoms with Crippen molar-refractivity contribution in [2.24, 2.45) is 0 Å². The van der Waals surface area contributed by atoms with Gasteiger partial charge in [-0.15, -0.1) is 0 Å². The Bertz CT molecular complexity index is 927. The molecule has 2 N–H and O–H groups in total. The number of nitrogens with one attached hydrogen (secondary N) is 2. The Morgan fingerprint density at radius 1 is 1.30 bits per heavy atom. The van der Waals surface area contributed by atoms with Crippen molar-refractivity contribution in [1.29, 1.82) is 0 Å². The van der Waals surface area contributed by atoms with Gasteiger partial charge in [-0.05, 0) is 19.9 Å². The zero-order valence-electron chi connectivity index (χ0n) is 13.0. The van der Waals surface area contributed by atoms with Gasteiger partial charge in [-0.1, -0.05) is 18.2 Å². The molecule has 7 heteroatoms. The minimum Gasteiger partial charge on any atom is -0.486 e. The number of rotatable bonds is 1. The van der Waals surface area contributed by atoms with Gasteiger partial charge >= 0.3 is 0 Å². The molecule has 0 spiro atoms. The molecule has 0 saturated heterocycles. The first-order valence-electron chi connectivity index (χ1n) is 7.47. The lowest BCUT2D eigenvalue weighted by molar-refractivity contribution is 0.121. The van der Waals surface area contributed by atoms with E-state index < -0.39 is 5.60 Å². The summed E-state index contributed by atoms with van der Waals surface area (Å²) in [6.45, 7) is 5.26. The lowest BCUT2D eigenvalue weighted by atomic mass is 10.1. The first kappa shape index (κ1) is 13.8. The summed E-state index contributed by atoms with van der Waals surface area (Å²) in [6.07, 6.45) is 1.48. The molecule has 3 aromatic rings. The first-order chi connectivity index (χ1) is 11.0. The summed E-state index contributed by atoms with van der Waals surface area (Å²) in [5.41, 5.74) is 0.939. The van der Waals surface area contributed by atoms with Crippen LogP contribution in [0.1, 0.15) is 19.4 Å². The largest absolute Gasteiger partial charge is 0.486 e. The zero-order valence-corrected chi connectivity index (χ0v) is 13.0. The topological polar surface area (TPSA) is 86.9 Å². The number of H-pyrrole nitrogens is 2. The number of anilines is 1. The molecule has 23 heavy (non-hydrogen) atoms. The van der Waals surface area contributed by atoms with Gasteiger partial charge in [0.2, 0.25) is 5.95 Å². The Hall–Kier alpha value is -2.83. The molecular formula is C16H17N5O2. The second kappa shape index (κ2) is 4.84. The highest BCUT2D eigenvalue weighted by molar-refractivity contribution is 5.73. The lowest BCUT2D eigenvalue weighted by Crippen LogP contribution is -2.41. The maximum Gasteiger partial charge on any atom is 0.263 e. The fourth-order valence-electron chi connectivity index (χ4n) is 2.92. The summed E-state index contributed by atoms with van der Waals surface area (Å²) < 4.78 is 6.12. The molecule has 0 saturated carbocycles. The Morgan fingerprint density at radius 2 is 2.13 bits per heavy atom. The molecule has 7 nitrogen and oxygen atoms in total. The molecule has 0 amide bonds.